The molecule has 0 saturated carbocycles. The zero-order valence-electron chi connectivity index (χ0n) is 16.5. The van der Waals surface area contributed by atoms with Gasteiger partial charge >= 0.3 is 0 Å². The number of amides is 1. The molecule has 26 heavy (non-hydrogen) atoms. The van der Waals surface area contributed by atoms with Crippen LogP contribution >= 0.6 is 0 Å². The molecule has 1 atom stereocenters. The van der Waals surface area contributed by atoms with Gasteiger partial charge in [-0.3, -0.25) is 9.35 Å². The maximum Gasteiger partial charge on any atom is 0.266 e. The van der Waals surface area contributed by atoms with E-state index in [0.717, 1.165) is 25.3 Å². The summed E-state index contributed by atoms with van der Waals surface area (Å²) in [6, 6.07) is -0.553. The summed E-state index contributed by atoms with van der Waals surface area (Å²) in [5.41, 5.74) is 0. The molecule has 2 N–H and O–H groups in total. The molecule has 0 aromatic carbocycles. The maximum atomic E-state index is 11.3. The molecule has 0 aliphatic rings. The Balaban J connectivity index is 3.63. The van der Waals surface area contributed by atoms with Crippen LogP contribution in [0.3, 0.4) is 0 Å². The summed E-state index contributed by atoms with van der Waals surface area (Å²) in [4.78, 5) is 11.3. The number of nitrogens with one attached hydrogen (secondary N) is 1. The highest BCUT2D eigenvalue weighted by atomic mass is 32.2. The Labute approximate surface area is 160 Å². The molecule has 0 fully saturated rings. The second-order valence-electron chi connectivity index (χ2n) is 7.19. The third-order valence-corrected chi connectivity index (χ3v) is 5.42. The topological polar surface area (TPSA) is 83.5 Å². The summed E-state index contributed by atoms with van der Waals surface area (Å²) < 4.78 is 31.0. The molecule has 0 heterocycles. The first-order chi connectivity index (χ1) is 12.4. The van der Waals surface area contributed by atoms with Crippen molar-refractivity contribution in [3.05, 3.63) is 12.7 Å². The average molecular weight is 390 g/mol. The zero-order valence-corrected chi connectivity index (χ0v) is 17.4. The number of rotatable bonds is 18. The minimum Gasteiger partial charge on any atom is -0.349 e. The van der Waals surface area contributed by atoms with Crippen molar-refractivity contribution in [2.45, 2.75) is 103 Å². The lowest BCUT2D eigenvalue weighted by Crippen LogP contribution is -2.38. The van der Waals surface area contributed by atoms with Gasteiger partial charge in [0.2, 0.25) is 5.91 Å². The molecule has 0 radical (unpaired) electrons. The lowest BCUT2D eigenvalue weighted by molar-refractivity contribution is -0.117. The fourth-order valence-corrected chi connectivity index (χ4v) is 3.88. The van der Waals surface area contributed by atoms with Gasteiger partial charge in [-0.15, -0.1) is 0 Å². The number of hydrogen-bond donors (Lipinski definition) is 2. The van der Waals surface area contributed by atoms with E-state index in [9.17, 15) is 13.2 Å². The van der Waals surface area contributed by atoms with Gasteiger partial charge in [0.15, 0.2) is 0 Å². The normalized spacial score (nSPS) is 12.7. The van der Waals surface area contributed by atoms with Crippen LogP contribution in [0.2, 0.25) is 0 Å². The van der Waals surface area contributed by atoms with Crippen molar-refractivity contribution < 1.29 is 17.8 Å². The van der Waals surface area contributed by atoms with Gasteiger partial charge in [0.25, 0.3) is 10.1 Å². The maximum absolute atomic E-state index is 11.3. The van der Waals surface area contributed by atoms with Crippen LogP contribution in [0.25, 0.3) is 0 Å². The van der Waals surface area contributed by atoms with Crippen LogP contribution in [0, 0.1) is 0 Å². The zero-order chi connectivity index (χ0) is 19.7. The van der Waals surface area contributed by atoms with Gasteiger partial charge in [0.1, 0.15) is 0 Å². The van der Waals surface area contributed by atoms with E-state index in [1.165, 1.54) is 64.2 Å². The Morgan fingerprint density at radius 3 is 1.73 bits per heavy atom. The molecule has 0 aliphatic heterocycles. The highest BCUT2D eigenvalue weighted by molar-refractivity contribution is 7.85. The van der Waals surface area contributed by atoms with Gasteiger partial charge in [-0.05, 0) is 12.5 Å². The minimum atomic E-state index is -4.09. The van der Waals surface area contributed by atoms with Crippen LogP contribution < -0.4 is 5.32 Å². The molecule has 154 valence electrons. The molecular formula is C20H39NO4S. The second-order valence-corrected chi connectivity index (χ2v) is 8.69. The Kier molecular flexibility index (Phi) is 15.8. The standard InChI is InChI=1S/C20H39NO4S/c1-3-5-6-7-8-9-10-11-12-13-14-15-16-17-19(18-26(23,24)25)21-20(22)4-2/h4,19H,2-3,5-18H2,1H3,(H,21,22)(H,23,24,25). The summed E-state index contributed by atoms with van der Waals surface area (Å²) >= 11 is 0. The second kappa shape index (κ2) is 16.3. The quantitative estimate of drug-likeness (QED) is 0.196. The van der Waals surface area contributed by atoms with Crippen LogP contribution in [-0.4, -0.2) is 30.7 Å². The largest absolute Gasteiger partial charge is 0.349 e. The Morgan fingerprint density at radius 1 is 0.923 bits per heavy atom. The summed E-state index contributed by atoms with van der Waals surface area (Å²) in [5.74, 6) is -0.849. The first kappa shape index (κ1) is 25.1. The van der Waals surface area contributed by atoms with Gasteiger partial charge in [0.05, 0.1) is 5.75 Å². The first-order valence-corrected chi connectivity index (χ1v) is 11.9. The molecule has 0 aromatic rings. The summed E-state index contributed by atoms with van der Waals surface area (Å²) in [6.07, 6.45) is 17.9. The van der Waals surface area contributed by atoms with Gasteiger partial charge in [-0.1, -0.05) is 97.0 Å². The molecule has 6 heteroatoms. The Hall–Kier alpha value is -0.880. The predicted octanol–water partition coefficient (Wildman–Crippen LogP) is 5.03. The smallest absolute Gasteiger partial charge is 0.266 e. The van der Waals surface area contributed by atoms with Gasteiger partial charge in [-0.2, -0.15) is 8.42 Å². The molecule has 1 unspecified atom stereocenters. The van der Waals surface area contributed by atoms with Crippen molar-refractivity contribution in [2.24, 2.45) is 0 Å². The highest BCUT2D eigenvalue weighted by Crippen LogP contribution is 2.13. The van der Waals surface area contributed by atoms with Crippen LogP contribution in [0.4, 0.5) is 0 Å². The van der Waals surface area contributed by atoms with E-state index in [2.05, 4.69) is 18.8 Å². The molecule has 0 rings (SSSR count). The van der Waals surface area contributed by atoms with E-state index in [0.29, 0.717) is 6.42 Å². The number of carbonyl (C=O) groups is 1. The number of hydrogen-bond acceptors (Lipinski definition) is 3. The monoisotopic (exact) mass is 389 g/mol. The van der Waals surface area contributed by atoms with Gasteiger partial charge < -0.3 is 5.32 Å². The summed E-state index contributed by atoms with van der Waals surface area (Å²) in [6.45, 7) is 5.60. The van der Waals surface area contributed by atoms with Gasteiger partial charge in [0, 0.05) is 6.04 Å². The van der Waals surface area contributed by atoms with Crippen LogP contribution in [0.15, 0.2) is 12.7 Å². The molecule has 0 saturated heterocycles. The van der Waals surface area contributed by atoms with E-state index in [1.807, 2.05) is 0 Å². The van der Waals surface area contributed by atoms with E-state index >= 15 is 0 Å². The molecule has 1 amide bonds. The van der Waals surface area contributed by atoms with E-state index in [-0.39, 0.29) is 0 Å². The molecule has 0 bridgehead atoms. The van der Waals surface area contributed by atoms with Crippen LogP contribution in [0.5, 0.6) is 0 Å². The van der Waals surface area contributed by atoms with Crippen molar-refractivity contribution in [3.63, 3.8) is 0 Å². The van der Waals surface area contributed by atoms with Crippen molar-refractivity contribution >= 4 is 16.0 Å². The highest BCUT2D eigenvalue weighted by Gasteiger charge is 2.17. The van der Waals surface area contributed by atoms with Crippen molar-refractivity contribution in [1.29, 1.82) is 0 Å². The lowest BCUT2D eigenvalue weighted by atomic mass is 10.0. The Morgan fingerprint density at radius 2 is 1.35 bits per heavy atom. The molecule has 0 spiro atoms. The molecule has 0 aromatic heterocycles. The van der Waals surface area contributed by atoms with Crippen LogP contribution in [-0.2, 0) is 14.9 Å². The summed E-state index contributed by atoms with van der Waals surface area (Å²) in [7, 11) is -4.09. The molecule has 0 aliphatic carbocycles. The number of carbonyl (C=O) groups excluding carboxylic acids is 1. The number of unbranched alkanes of at least 4 members (excludes halogenated alkanes) is 12. The first-order valence-electron chi connectivity index (χ1n) is 10.3. The van der Waals surface area contributed by atoms with Crippen molar-refractivity contribution in [1.82, 2.24) is 5.32 Å². The van der Waals surface area contributed by atoms with Crippen molar-refractivity contribution in [3.8, 4) is 0 Å². The fraction of sp³-hybridized carbons (Fsp3) is 0.850. The van der Waals surface area contributed by atoms with Crippen LogP contribution in [0.1, 0.15) is 96.8 Å². The molecular weight excluding hydrogens is 350 g/mol. The fourth-order valence-electron chi connectivity index (χ4n) is 3.12. The van der Waals surface area contributed by atoms with Gasteiger partial charge in [-0.25, -0.2) is 0 Å². The SMILES string of the molecule is C=CC(=O)NC(CCCCCCCCCCCCCCC)CS(=O)(=O)O. The third kappa shape index (κ3) is 17.9. The third-order valence-electron chi connectivity index (χ3n) is 4.60. The minimum absolute atomic E-state index is 0.409. The van der Waals surface area contributed by atoms with E-state index in [4.69, 9.17) is 4.55 Å². The average Bonchev–Trinajstić information content (AvgIpc) is 2.57. The van der Waals surface area contributed by atoms with Crippen molar-refractivity contribution in [2.75, 3.05) is 5.75 Å². The summed E-state index contributed by atoms with van der Waals surface area (Å²) in [5, 5.41) is 2.57. The lowest BCUT2D eigenvalue weighted by Gasteiger charge is -2.16. The van der Waals surface area contributed by atoms with E-state index < -0.39 is 27.8 Å². The molecule has 5 nitrogen and oxygen atoms in total. The Bertz CT molecular complexity index is 462. The predicted molar refractivity (Wildman–Crippen MR) is 109 cm³/mol. The van der Waals surface area contributed by atoms with E-state index in [1.54, 1.807) is 0 Å².